The van der Waals surface area contributed by atoms with Crippen LogP contribution in [0.2, 0.25) is 5.02 Å². The lowest BCUT2D eigenvalue weighted by Crippen LogP contribution is -2.00. The van der Waals surface area contributed by atoms with Crippen molar-refractivity contribution >= 4 is 27.5 Å². The zero-order valence-electron chi connectivity index (χ0n) is 6.27. The highest BCUT2D eigenvalue weighted by atomic mass is 79.9. The first-order chi connectivity index (χ1) is 6.06. The smallest absolute Gasteiger partial charge is 0.267 e. The molecule has 1 aromatic heterocycles. The van der Waals surface area contributed by atoms with Gasteiger partial charge in [-0.25, -0.2) is 13.8 Å². The molecule has 2 nitrogen and oxygen atoms in total. The summed E-state index contributed by atoms with van der Waals surface area (Å²) in [5.74, 6) is 0. The third-order valence-electron chi connectivity index (χ3n) is 1.42. The molecular weight excluding hydrogens is 267 g/mol. The molecule has 0 radical (unpaired) electrons. The number of aliphatic hydroxyl groups excluding tert-OH is 1. The van der Waals surface area contributed by atoms with Crippen LogP contribution in [0.15, 0.2) is 10.7 Å². The average Bonchev–Trinajstić information content (AvgIpc) is 2.01. The molecule has 0 fully saturated rings. The summed E-state index contributed by atoms with van der Waals surface area (Å²) in [5.41, 5.74) is -0.512. The molecule has 0 aromatic carbocycles. The maximum atomic E-state index is 12.4. The van der Waals surface area contributed by atoms with Gasteiger partial charge in [-0.1, -0.05) is 11.6 Å². The van der Waals surface area contributed by atoms with Crippen molar-refractivity contribution in [2.75, 3.05) is 0 Å². The fourth-order valence-electron chi connectivity index (χ4n) is 0.892. The maximum Gasteiger partial charge on any atom is 0.267 e. The van der Waals surface area contributed by atoms with Crippen LogP contribution in [0.3, 0.4) is 0 Å². The molecule has 1 rings (SSSR count). The van der Waals surface area contributed by atoms with E-state index in [2.05, 4.69) is 20.9 Å². The van der Waals surface area contributed by atoms with Crippen LogP contribution in [0, 0.1) is 0 Å². The quantitative estimate of drug-likeness (QED) is 0.840. The van der Waals surface area contributed by atoms with Gasteiger partial charge in [0.2, 0.25) is 0 Å². The van der Waals surface area contributed by atoms with Gasteiger partial charge in [0.1, 0.15) is 4.60 Å². The van der Waals surface area contributed by atoms with Crippen molar-refractivity contribution in [1.29, 1.82) is 0 Å². The Balaban J connectivity index is 3.30. The van der Waals surface area contributed by atoms with Crippen molar-refractivity contribution in [1.82, 2.24) is 4.98 Å². The Kier molecular flexibility index (Phi) is 3.58. The van der Waals surface area contributed by atoms with Gasteiger partial charge in [0.05, 0.1) is 22.9 Å². The lowest BCUT2D eigenvalue weighted by atomic mass is 10.2. The van der Waals surface area contributed by atoms with Crippen molar-refractivity contribution in [2.24, 2.45) is 0 Å². The van der Waals surface area contributed by atoms with Crippen LogP contribution in [0.4, 0.5) is 8.78 Å². The monoisotopic (exact) mass is 271 g/mol. The Bertz CT molecular complexity index is 322. The van der Waals surface area contributed by atoms with Crippen LogP contribution in [0.25, 0.3) is 0 Å². The van der Waals surface area contributed by atoms with Crippen LogP contribution in [0.1, 0.15) is 17.7 Å². The van der Waals surface area contributed by atoms with E-state index in [1.807, 2.05) is 0 Å². The van der Waals surface area contributed by atoms with Gasteiger partial charge in [-0.3, -0.25) is 0 Å². The number of alkyl halides is 2. The first kappa shape index (κ1) is 10.8. The molecule has 0 atom stereocenters. The molecular formula is C7H5BrClF2NO. The van der Waals surface area contributed by atoms with E-state index in [0.29, 0.717) is 4.60 Å². The SMILES string of the molecule is OCc1nc(Br)cc(Cl)c1C(F)F. The molecule has 6 heteroatoms. The highest BCUT2D eigenvalue weighted by Crippen LogP contribution is 2.31. The third-order valence-corrected chi connectivity index (χ3v) is 2.14. The standard InChI is InChI=1S/C7H5BrClF2NO/c8-5-1-3(9)6(7(10)11)4(2-13)12-5/h1,7,13H,2H2. The van der Waals surface area contributed by atoms with Crippen molar-refractivity contribution in [3.63, 3.8) is 0 Å². The normalized spacial score (nSPS) is 10.9. The summed E-state index contributed by atoms with van der Waals surface area (Å²) in [5, 5.41) is 8.64. The number of aromatic nitrogens is 1. The Morgan fingerprint density at radius 2 is 2.23 bits per heavy atom. The van der Waals surface area contributed by atoms with E-state index < -0.39 is 18.6 Å². The minimum absolute atomic E-state index is 0.0964. The highest BCUT2D eigenvalue weighted by molar-refractivity contribution is 9.10. The summed E-state index contributed by atoms with van der Waals surface area (Å²) in [4.78, 5) is 3.68. The first-order valence-electron chi connectivity index (χ1n) is 3.30. The van der Waals surface area contributed by atoms with Gasteiger partial charge < -0.3 is 5.11 Å². The summed E-state index contributed by atoms with van der Waals surface area (Å²) in [6.45, 7) is -0.557. The second-order valence-corrected chi connectivity index (χ2v) is 3.47. The molecule has 1 heterocycles. The largest absolute Gasteiger partial charge is 0.390 e. The summed E-state index contributed by atoms with van der Waals surface area (Å²) in [6.07, 6.45) is -2.73. The minimum Gasteiger partial charge on any atom is -0.390 e. The van der Waals surface area contributed by atoms with Crippen LogP contribution in [-0.2, 0) is 6.61 Å². The van der Waals surface area contributed by atoms with E-state index in [9.17, 15) is 8.78 Å². The van der Waals surface area contributed by atoms with Crippen molar-refractivity contribution < 1.29 is 13.9 Å². The van der Waals surface area contributed by atoms with Crippen LogP contribution >= 0.6 is 27.5 Å². The fraction of sp³-hybridized carbons (Fsp3) is 0.286. The second-order valence-electron chi connectivity index (χ2n) is 2.25. The molecule has 0 aliphatic rings. The number of halogens is 4. The van der Waals surface area contributed by atoms with Crippen molar-refractivity contribution in [2.45, 2.75) is 13.0 Å². The molecule has 72 valence electrons. The molecule has 0 bridgehead atoms. The summed E-state index contributed by atoms with van der Waals surface area (Å²) in [6, 6.07) is 1.27. The van der Waals surface area contributed by atoms with Gasteiger partial charge in [0.25, 0.3) is 6.43 Å². The molecule has 0 saturated carbocycles. The van der Waals surface area contributed by atoms with Gasteiger partial charge in [-0.15, -0.1) is 0 Å². The molecule has 0 aliphatic heterocycles. The zero-order chi connectivity index (χ0) is 10.0. The van der Waals surface area contributed by atoms with Gasteiger partial charge in [-0.05, 0) is 22.0 Å². The first-order valence-corrected chi connectivity index (χ1v) is 4.47. The predicted molar refractivity (Wildman–Crippen MR) is 47.8 cm³/mol. The second kappa shape index (κ2) is 4.30. The summed E-state index contributed by atoms with van der Waals surface area (Å²) >= 11 is 8.53. The molecule has 1 N–H and O–H groups in total. The maximum absolute atomic E-state index is 12.4. The van der Waals surface area contributed by atoms with E-state index >= 15 is 0 Å². The fourth-order valence-corrected chi connectivity index (χ4v) is 1.76. The van der Waals surface area contributed by atoms with Gasteiger partial charge in [0, 0.05) is 0 Å². The Morgan fingerprint density at radius 3 is 2.69 bits per heavy atom. The van der Waals surface area contributed by atoms with Crippen LogP contribution < -0.4 is 0 Å². The van der Waals surface area contributed by atoms with Crippen molar-refractivity contribution in [3.05, 3.63) is 26.9 Å². The van der Waals surface area contributed by atoms with Crippen LogP contribution in [-0.4, -0.2) is 10.1 Å². The molecule has 0 aliphatic carbocycles. The van der Waals surface area contributed by atoms with Gasteiger partial charge in [0.15, 0.2) is 0 Å². The zero-order valence-corrected chi connectivity index (χ0v) is 8.61. The molecule has 0 spiro atoms. The third kappa shape index (κ3) is 2.36. The lowest BCUT2D eigenvalue weighted by molar-refractivity contribution is 0.146. The van der Waals surface area contributed by atoms with E-state index in [4.69, 9.17) is 16.7 Å². The molecule has 0 saturated heterocycles. The Labute approximate surface area is 86.7 Å². The van der Waals surface area contributed by atoms with E-state index in [0.717, 1.165) is 0 Å². The number of pyridine rings is 1. The number of aliphatic hydroxyl groups is 1. The van der Waals surface area contributed by atoms with Crippen LogP contribution in [0.5, 0.6) is 0 Å². The minimum atomic E-state index is -2.73. The highest BCUT2D eigenvalue weighted by Gasteiger charge is 2.18. The Hall–Kier alpha value is -0.260. The molecule has 13 heavy (non-hydrogen) atoms. The number of nitrogens with zero attached hydrogens (tertiary/aromatic N) is 1. The van der Waals surface area contributed by atoms with E-state index in [-0.39, 0.29) is 10.7 Å². The van der Waals surface area contributed by atoms with E-state index in [1.165, 1.54) is 6.07 Å². The number of hydrogen-bond acceptors (Lipinski definition) is 2. The van der Waals surface area contributed by atoms with E-state index in [1.54, 1.807) is 0 Å². The number of rotatable bonds is 2. The molecule has 0 unspecified atom stereocenters. The summed E-state index contributed by atoms with van der Waals surface area (Å²) in [7, 11) is 0. The molecule has 1 aromatic rings. The molecule has 0 amide bonds. The lowest BCUT2D eigenvalue weighted by Gasteiger charge is -2.07. The number of hydrogen-bond donors (Lipinski definition) is 1. The average molecular weight is 272 g/mol. The Morgan fingerprint density at radius 1 is 1.62 bits per heavy atom. The van der Waals surface area contributed by atoms with Crippen molar-refractivity contribution in [3.8, 4) is 0 Å². The van der Waals surface area contributed by atoms with Gasteiger partial charge in [-0.2, -0.15) is 0 Å². The summed E-state index contributed by atoms with van der Waals surface area (Å²) < 4.78 is 25.0. The predicted octanol–water partition coefficient (Wildman–Crippen LogP) is 2.93. The topological polar surface area (TPSA) is 33.1 Å². The van der Waals surface area contributed by atoms with Gasteiger partial charge >= 0.3 is 0 Å².